The van der Waals surface area contributed by atoms with Crippen molar-refractivity contribution in [1.82, 2.24) is 20.3 Å². The molecule has 0 aliphatic heterocycles. The van der Waals surface area contributed by atoms with Crippen LogP contribution in [0.5, 0.6) is 0 Å². The van der Waals surface area contributed by atoms with Crippen LogP contribution in [0.2, 0.25) is 0 Å². The second-order valence-corrected chi connectivity index (χ2v) is 6.77. The predicted molar refractivity (Wildman–Crippen MR) is 88.2 cm³/mol. The van der Waals surface area contributed by atoms with Gasteiger partial charge in [0.1, 0.15) is 0 Å². The first-order valence-corrected chi connectivity index (χ1v) is 7.77. The quantitative estimate of drug-likeness (QED) is 0.853. The van der Waals surface area contributed by atoms with E-state index in [1.54, 1.807) is 12.3 Å². The number of nitrogens with zero attached hydrogens (tertiary/aromatic N) is 3. The summed E-state index contributed by atoms with van der Waals surface area (Å²) in [6.45, 7) is 10.4. The summed E-state index contributed by atoms with van der Waals surface area (Å²) in [4.78, 5) is 12.0. The maximum absolute atomic E-state index is 12.0. The minimum absolute atomic E-state index is 0.0977. The normalized spacial score (nSPS) is 14.5. The molecule has 0 aliphatic carbocycles. The Morgan fingerprint density at radius 2 is 2.13 bits per heavy atom. The number of carbonyl (C=O) groups is 1. The average Bonchev–Trinajstić information content (AvgIpc) is 3.14. The van der Waals surface area contributed by atoms with Gasteiger partial charge in [-0.25, -0.2) is 0 Å². The highest BCUT2D eigenvalue weighted by molar-refractivity contribution is 5.91. The SMILES string of the molecule is C[C@H](NCC(=O)Nc1cc(C(C)(C)C)no1)[C@H](C)n1cccn1. The molecule has 7 nitrogen and oxygen atoms in total. The third-order valence-electron chi connectivity index (χ3n) is 3.79. The van der Waals surface area contributed by atoms with Crippen molar-refractivity contribution in [3.8, 4) is 0 Å². The van der Waals surface area contributed by atoms with Crippen molar-refractivity contribution in [2.75, 3.05) is 11.9 Å². The molecule has 23 heavy (non-hydrogen) atoms. The summed E-state index contributed by atoms with van der Waals surface area (Å²) < 4.78 is 7.01. The van der Waals surface area contributed by atoms with Crippen LogP contribution in [0.1, 0.15) is 46.4 Å². The second kappa shape index (κ2) is 6.95. The minimum atomic E-state index is -0.166. The van der Waals surface area contributed by atoms with E-state index < -0.39 is 0 Å². The average molecular weight is 319 g/mol. The smallest absolute Gasteiger partial charge is 0.240 e. The lowest BCUT2D eigenvalue weighted by molar-refractivity contribution is -0.115. The fraction of sp³-hybridized carbons (Fsp3) is 0.562. The van der Waals surface area contributed by atoms with E-state index in [1.807, 2.05) is 44.6 Å². The van der Waals surface area contributed by atoms with Gasteiger partial charge in [-0.05, 0) is 19.9 Å². The van der Waals surface area contributed by atoms with Crippen LogP contribution in [0.25, 0.3) is 0 Å². The molecule has 2 atom stereocenters. The molecule has 0 radical (unpaired) electrons. The van der Waals surface area contributed by atoms with Gasteiger partial charge in [0.25, 0.3) is 0 Å². The zero-order chi connectivity index (χ0) is 17.0. The number of aromatic nitrogens is 3. The summed E-state index contributed by atoms with van der Waals surface area (Å²) in [6.07, 6.45) is 3.65. The van der Waals surface area contributed by atoms with Crippen LogP contribution in [0.4, 0.5) is 5.88 Å². The molecule has 0 aromatic carbocycles. The maximum Gasteiger partial charge on any atom is 0.240 e. The minimum Gasteiger partial charge on any atom is -0.338 e. The highest BCUT2D eigenvalue weighted by atomic mass is 16.5. The fourth-order valence-electron chi connectivity index (χ4n) is 2.04. The molecule has 0 fully saturated rings. The molecule has 2 N–H and O–H groups in total. The molecular formula is C16H25N5O2. The van der Waals surface area contributed by atoms with Gasteiger partial charge in [0.2, 0.25) is 11.8 Å². The van der Waals surface area contributed by atoms with Crippen LogP contribution < -0.4 is 10.6 Å². The highest BCUT2D eigenvalue weighted by Crippen LogP contribution is 2.23. The van der Waals surface area contributed by atoms with Crippen LogP contribution in [0, 0.1) is 0 Å². The van der Waals surface area contributed by atoms with Crippen molar-refractivity contribution in [1.29, 1.82) is 0 Å². The Morgan fingerprint density at radius 1 is 1.39 bits per heavy atom. The monoisotopic (exact) mass is 319 g/mol. The summed E-state index contributed by atoms with van der Waals surface area (Å²) in [5.41, 5.74) is 0.694. The van der Waals surface area contributed by atoms with Gasteiger partial charge in [0.05, 0.1) is 18.3 Å². The first-order chi connectivity index (χ1) is 10.8. The highest BCUT2D eigenvalue weighted by Gasteiger charge is 2.20. The number of carbonyl (C=O) groups excluding carboxylic acids is 1. The van der Waals surface area contributed by atoms with Crippen LogP contribution in [-0.2, 0) is 10.2 Å². The fourth-order valence-corrected chi connectivity index (χ4v) is 2.04. The summed E-state index contributed by atoms with van der Waals surface area (Å²) in [7, 11) is 0. The summed E-state index contributed by atoms with van der Waals surface area (Å²) >= 11 is 0. The lowest BCUT2D eigenvalue weighted by Gasteiger charge is -2.21. The van der Waals surface area contributed by atoms with Gasteiger partial charge in [-0.3, -0.25) is 14.8 Å². The zero-order valence-corrected chi connectivity index (χ0v) is 14.3. The molecule has 2 aromatic rings. The van der Waals surface area contributed by atoms with E-state index in [0.29, 0.717) is 5.88 Å². The van der Waals surface area contributed by atoms with Gasteiger partial charge < -0.3 is 9.84 Å². The number of amides is 1. The largest absolute Gasteiger partial charge is 0.338 e. The van der Waals surface area contributed by atoms with E-state index in [1.165, 1.54) is 0 Å². The van der Waals surface area contributed by atoms with Crippen molar-refractivity contribution in [3.05, 3.63) is 30.2 Å². The van der Waals surface area contributed by atoms with Gasteiger partial charge in [-0.2, -0.15) is 5.10 Å². The van der Waals surface area contributed by atoms with E-state index in [9.17, 15) is 4.79 Å². The predicted octanol–water partition coefficient (Wildman–Crippen LogP) is 2.35. The second-order valence-electron chi connectivity index (χ2n) is 6.77. The van der Waals surface area contributed by atoms with Gasteiger partial charge in [-0.15, -0.1) is 0 Å². The molecule has 0 spiro atoms. The number of hydrogen-bond donors (Lipinski definition) is 2. The molecule has 0 saturated heterocycles. The van der Waals surface area contributed by atoms with Crippen molar-refractivity contribution < 1.29 is 9.32 Å². The Morgan fingerprint density at radius 3 is 2.70 bits per heavy atom. The zero-order valence-electron chi connectivity index (χ0n) is 14.3. The van der Waals surface area contributed by atoms with E-state index in [0.717, 1.165) is 5.69 Å². The Balaban J connectivity index is 1.82. The molecule has 126 valence electrons. The number of nitrogens with one attached hydrogen (secondary N) is 2. The Hall–Kier alpha value is -2.15. The van der Waals surface area contributed by atoms with E-state index in [-0.39, 0.29) is 30.0 Å². The first kappa shape index (κ1) is 17.2. The van der Waals surface area contributed by atoms with E-state index in [2.05, 4.69) is 27.8 Å². The molecule has 0 saturated carbocycles. The summed E-state index contributed by atoms with van der Waals surface area (Å²) in [6, 6.07) is 3.89. The molecule has 0 unspecified atom stereocenters. The first-order valence-electron chi connectivity index (χ1n) is 7.77. The lowest BCUT2D eigenvalue weighted by atomic mass is 9.92. The molecule has 2 aromatic heterocycles. The maximum atomic E-state index is 12.0. The number of hydrogen-bond acceptors (Lipinski definition) is 5. The molecule has 2 heterocycles. The van der Waals surface area contributed by atoms with Crippen LogP contribution in [-0.4, -0.2) is 33.4 Å². The number of rotatable bonds is 6. The third-order valence-corrected chi connectivity index (χ3v) is 3.79. The topological polar surface area (TPSA) is 85.0 Å². The number of anilines is 1. The van der Waals surface area contributed by atoms with Gasteiger partial charge in [-0.1, -0.05) is 25.9 Å². The molecule has 7 heteroatoms. The van der Waals surface area contributed by atoms with Crippen LogP contribution >= 0.6 is 0 Å². The van der Waals surface area contributed by atoms with Crippen LogP contribution in [0.3, 0.4) is 0 Å². The Labute approximate surface area is 136 Å². The van der Waals surface area contributed by atoms with Gasteiger partial charge >= 0.3 is 0 Å². The van der Waals surface area contributed by atoms with E-state index in [4.69, 9.17) is 4.52 Å². The lowest BCUT2D eigenvalue weighted by Crippen LogP contribution is -2.39. The Bertz CT molecular complexity index is 627. The Kier molecular flexibility index (Phi) is 5.20. The van der Waals surface area contributed by atoms with Gasteiger partial charge in [0.15, 0.2) is 0 Å². The molecule has 1 amide bonds. The van der Waals surface area contributed by atoms with Crippen molar-refractivity contribution in [3.63, 3.8) is 0 Å². The molecule has 0 bridgehead atoms. The molecule has 2 rings (SSSR count). The van der Waals surface area contributed by atoms with Crippen LogP contribution in [0.15, 0.2) is 29.0 Å². The van der Waals surface area contributed by atoms with Crippen molar-refractivity contribution in [2.24, 2.45) is 0 Å². The van der Waals surface area contributed by atoms with E-state index >= 15 is 0 Å². The molecule has 0 aliphatic rings. The summed E-state index contributed by atoms with van der Waals surface area (Å²) in [5.74, 6) is 0.204. The van der Waals surface area contributed by atoms with Crippen molar-refractivity contribution >= 4 is 11.8 Å². The standard InChI is InChI=1S/C16H25N5O2/c1-11(12(2)21-8-6-7-18-21)17-10-14(22)19-15-9-13(20-23-15)16(3,4)5/h6-9,11-12,17H,10H2,1-5H3,(H,19,22)/t11-,12-/m0/s1. The molecular weight excluding hydrogens is 294 g/mol. The third kappa shape index (κ3) is 4.66. The van der Waals surface area contributed by atoms with Gasteiger partial charge in [0, 0.05) is 29.9 Å². The summed E-state index contributed by atoms with van der Waals surface area (Å²) in [5, 5.41) is 14.1. The van der Waals surface area contributed by atoms with Crippen molar-refractivity contribution in [2.45, 2.75) is 52.1 Å².